The lowest BCUT2D eigenvalue weighted by atomic mass is 9.92. The van der Waals surface area contributed by atoms with Gasteiger partial charge >= 0.3 is 0 Å². The van der Waals surface area contributed by atoms with Crippen LogP contribution in [0.15, 0.2) is 89.8 Å². The first kappa shape index (κ1) is 19.8. The maximum absolute atomic E-state index is 13.5. The van der Waals surface area contributed by atoms with Crippen LogP contribution in [0.1, 0.15) is 35.3 Å². The van der Waals surface area contributed by atoms with E-state index in [1.54, 1.807) is 24.3 Å². The van der Waals surface area contributed by atoms with Gasteiger partial charge < -0.3 is 9.84 Å². The molecule has 0 aromatic heterocycles. The molecule has 4 atom stereocenters. The number of hydrogen-bond acceptors (Lipinski definition) is 4. The lowest BCUT2D eigenvalue weighted by Crippen LogP contribution is -2.42. The van der Waals surface area contributed by atoms with Crippen LogP contribution in [0.2, 0.25) is 0 Å². The van der Waals surface area contributed by atoms with Gasteiger partial charge in [0, 0.05) is 0 Å². The first-order chi connectivity index (χ1) is 14.0. The molecule has 0 bridgehead atoms. The third kappa shape index (κ3) is 3.99. The molecule has 29 heavy (non-hydrogen) atoms. The van der Waals surface area contributed by atoms with Crippen molar-refractivity contribution < 1.29 is 18.3 Å². The fourth-order valence-corrected chi connectivity index (χ4v) is 5.76. The van der Waals surface area contributed by atoms with Crippen LogP contribution in [-0.4, -0.2) is 24.9 Å². The Bertz CT molecular complexity index is 1050. The summed E-state index contributed by atoms with van der Waals surface area (Å²) >= 11 is 0. The van der Waals surface area contributed by atoms with Crippen molar-refractivity contribution in [3.8, 4) is 0 Å². The minimum atomic E-state index is -3.70. The number of benzene rings is 3. The molecule has 1 fully saturated rings. The zero-order valence-electron chi connectivity index (χ0n) is 16.2. The average molecular weight is 409 g/mol. The van der Waals surface area contributed by atoms with Gasteiger partial charge in [0.1, 0.15) is 12.2 Å². The molecule has 4 rings (SSSR count). The van der Waals surface area contributed by atoms with Gasteiger partial charge in [0.25, 0.3) is 0 Å². The highest BCUT2D eigenvalue weighted by atomic mass is 32.2. The van der Waals surface area contributed by atoms with E-state index < -0.39 is 33.4 Å². The molecule has 0 spiro atoms. The molecule has 0 saturated carbocycles. The molecular formula is C24H24O4S. The molecule has 1 aliphatic heterocycles. The van der Waals surface area contributed by atoms with Crippen molar-refractivity contribution in [1.29, 1.82) is 0 Å². The van der Waals surface area contributed by atoms with Gasteiger partial charge in [-0.3, -0.25) is 0 Å². The molecule has 1 N–H and O–H groups in total. The highest BCUT2D eigenvalue weighted by Gasteiger charge is 2.45. The maximum atomic E-state index is 13.5. The maximum Gasteiger partial charge on any atom is 0.184 e. The van der Waals surface area contributed by atoms with Gasteiger partial charge in [-0.2, -0.15) is 0 Å². The topological polar surface area (TPSA) is 63.6 Å². The van der Waals surface area contributed by atoms with E-state index in [4.69, 9.17) is 4.74 Å². The fraction of sp³-hybridized carbons (Fsp3) is 0.250. The Morgan fingerprint density at radius 2 is 1.31 bits per heavy atom. The molecular weight excluding hydrogens is 384 g/mol. The Morgan fingerprint density at radius 1 is 0.793 bits per heavy atom. The third-order valence-electron chi connectivity index (χ3n) is 5.46. The van der Waals surface area contributed by atoms with E-state index in [2.05, 4.69) is 0 Å². The Morgan fingerprint density at radius 3 is 1.86 bits per heavy atom. The number of aryl methyl sites for hydroxylation is 1. The summed E-state index contributed by atoms with van der Waals surface area (Å²) in [7, 11) is -3.70. The van der Waals surface area contributed by atoms with Crippen molar-refractivity contribution >= 4 is 9.84 Å². The highest BCUT2D eigenvalue weighted by Crippen LogP contribution is 2.43. The number of ether oxygens (including phenoxy) is 1. The quantitative estimate of drug-likeness (QED) is 0.695. The van der Waals surface area contributed by atoms with Crippen molar-refractivity contribution in [3.05, 3.63) is 102 Å². The molecule has 150 valence electrons. The van der Waals surface area contributed by atoms with E-state index >= 15 is 0 Å². The minimum Gasteiger partial charge on any atom is -0.390 e. The Hall–Kier alpha value is -2.47. The summed E-state index contributed by atoms with van der Waals surface area (Å²) < 4.78 is 33.2. The summed E-state index contributed by atoms with van der Waals surface area (Å²) in [5.41, 5.74) is 2.63. The molecule has 0 radical (unpaired) electrons. The Balaban J connectivity index is 1.75. The van der Waals surface area contributed by atoms with E-state index in [9.17, 15) is 13.5 Å². The Kier molecular flexibility index (Phi) is 5.54. The smallest absolute Gasteiger partial charge is 0.184 e. The minimum absolute atomic E-state index is 0.106. The second-order valence-corrected chi connectivity index (χ2v) is 9.67. The molecule has 5 heteroatoms. The molecule has 1 aliphatic rings. The fourth-order valence-electron chi connectivity index (χ4n) is 3.89. The summed E-state index contributed by atoms with van der Waals surface area (Å²) in [6.45, 7) is 1.92. The molecule has 3 aromatic rings. The normalized spacial score (nSPS) is 24.9. The van der Waals surface area contributed by atoms with Crippen LogP contribution in [0, 0.1) is 6.92 Å². The van der Waals surface area contributed by atoms with Crippen molar-refractivity contribution in [2.45, 2.75) is 41.8 Å². The number of sulfone groups is 1. The van der Waals surface area contributed by atoms with Crippen LogP contribution in [0.4, 0.5) is 0 Å². The van der Waals surface area contributed by atoms with Crippen LogP contribution in [0.25, 0.3) is 0 Å². The van der Waals surface area contributed by atoms with Crippen LogP contribution < -0.4 is 0 Å². The first-order valence-electron chi connectivity index (χ1n) is 9.71. The number of aliphatic hydroxyl groups excluding tert-OH is 1. The van der Waals surface area contributed by atoms with Gasteiger partial charge in [-0.1, -0.05) is 78.4 Å². The standard InChI is InChI=1S/C24H24O4S/c1-17-12-14-20(15-13-17)29(26,27)22-16-21(25)23(18-8-4-2-5-9-18)28-24(22)19-10-6-3-7-11-19/h2-15,21-25H,16H2,1H3/t21-,22-,23+,24-/m0/s1. The van der Waals surface area contributed by atoms with Gasteiger partial charge in [0.2, 0.25) is 0 Å². The Labute approximate surface area is 171 Å². The predicted octanol–water partition coefficient (Wildman–Crippen LogP) is 4.40. The molecule has 4 nitrogen and oxygen atoms in total. The van der Waals surface area contributed by atoms with Crippen LogP contribution >= 0.6 is 0 Å². The lowest BCUT2D eigenvalue weighted by molar-refractivity contribution is -0.119. The molecule has 0 amide bonds. The van der Waals surface area contributed by atoms with Crippen LogP contribution in [0.5, 0.6) is 0 Å². The van der Waals surface area contributed by atoms with Crippen LogP contribution in [0.3, 0.4) is 0 Å². The zero-order valence-corrected chi connectivity index (χ0v) is 17.0. The van der Waals surface area contributed by atoms with Crippen molar-refractivity contribution in [2.24, 2.45) is 0 Å². The monoisotopic (exact) mass is 408 g/mol. The van der Waals surface area contributed by atoms with Crippen LogP contribution in [-0.2, 0) is 14.6 Å². The largest absolute Gasteiger partial charge is 0.390 e. The van der Waals surface area contributed by atoms with E-state index in [0.29, 0.717) is 0 Å². The SMILES string of the molecule is Cc1ccc(S(=O)(=O)[C@H]2C[C@H](O)[C@@H](c3ccccc3)O[C@H]2c2ccccc2)cc1. The second kappa shape index (κ2) is 8.11. The summed E-state index contributed by atoms with van der Waals surface area (Å²) in [6, 6.07) is 25.7. The number of hydrogen-bond donors (Lipinski definition) is 1. The predicted molar refractivity (Wildman–Crippen MR) is 112 cm³/mol. The van der Waals surface area contributed by atoms with Gasteiger partial charge in [-0.05, 0) is 36.6 Å². The molecule has 0 aliphatic carbocycles. The van der Waals surface area contributed by atoms with Gasteiger partial charge in [0.15, 0.2) is 9.84 Å². The molecule has 1 saturated heterocycles. The van der Waals surface area contributed by atoms with Gasteiger partial charge in [0.05, 0.1) is 16.2 Å². The van der Waals surface area contributed by atoms with E-state index in [-0.39, 0.29) is 11.3 Å². The third-order valence-corrected chi connectivity index (χ3v) is 7.62. The highest BCUT2D eigenvalue weighted by molar-refractivity contribution is 7.92. The molecule has 0 unspecified atom stereocenters. The van der Waals surface area contributed by atoms with Crippen molar-refractivity contribution in [2.75, 3.05) is 0 Å². The van der Waals surface area contributed by atoms with Crippen molar-refractivity contribution in [3.63, 3.8) is 0 Å². The second-order valence-electron chi connectivity index (χ2n) is 7.50. The van der Waals surface area contributed by atoms with Gasteiger partial charge in [-0.25, -0.2) is 8.42 Å². The average Bonchev–Trinajstić information content (AvgIpc) is 2.75. The summed E-state index contributed by atoms with van der Waals surface area (Å²) in [4.78, 5) is 0.253. The molecule has 1 heterocycles. The summed E-state index contributed by atoms with van der Waals surface area (Å²) in [5.74, 6) is 0. The van der Waals surface area contributed by atoms with E-state index in [1.807, 2.05) is 67.6 Å². The first-order valence-corrected chi connectivity index (χ1v) is 11.3. The number of rotatable bonds is 4. The summed E-state index contributed by atoms with van der Waals surface area (Å²) in [6.07, 6.45) is -2.06. The van der Waals surface area contributed by atoms with Crippen molar-refractivity contribution in [1.82, 2.24) is 0 Å². The number of aliphatic hydroxyl groups is 1. The zero-order chi connectivity index (χ0) is 20.4. The van der Waals surface area contributed by atoms with E-state index in [1.165, 1.54) is 0 Å². The molecule has 3 aromatic carbocycles. The van der Waals surface area contributed by atoms with E-state index in [0.717, 1.165) is 16.7 Å². The lowest BCUT2D eigenvalue weighted by Gasteiger charge is -2.39. The summed E-state index contributed by atoms with van der Waals surface area (Å²) in [5, 5.41) is 9.95. The van der Waals surface area contributed by atoms with Gasteiger partial charge in [-0.15, -0.1) is 0 Å².